The van der Waals surface area contributed by atoms with Crippen molar-refractivity contribution in [2.45, 2.75) is 45.7 Å². The maximum atomic E-state index is 6.87. The van der Waals surface area contributed by atoms with Crippen molar-refractivity contribution < 1.29 is 4.74 Å². The van der Waals surface area contributed by atoms with Crippen LogP contribution in [0.3, 0.4) is 0 Å². The second-order valence-electron chi connectivity index (χ2n) is 9.70. The lowest BCUT2D eigenvalue weighted by molar-refractivity contribution is 0.00749. The van der Waals surface area contributed by atoms with Crippen molar-refractivity contribution in [2.24, 2.45) is 23.0 Å². The van der Waals surface area contributed by atoms with Crippen LogP contribution in [0.2, 0.25) is 0 Å². The topological polar surface area (TPSA) is 51.4 Å². The van der Waals surface area contributed by atoms with E-state index in [0.717, 1.165) is 42.1 Å². The SMILES string of the molecule is C=CC1CN2CCC1CC2C(N)c1ccnc2ccc(OCC(C)(C)C)cc12. The molecule has 2 aromatic rings. The van der Waals surface area contributed by atoms with Gasteiger partial charge in [-0.15, -0.1) is 6.58 Å². The molecule has 4 heteroatoms. The van der Waals surface area contributed by atoms with Gasteiger partial charge in [-0.1, -0.05) is 26.8 Å². The summed E-state index contributed by atoms with van der Waals surface area (Å²) in [5, 5.41) is 1.12. The minimum absolute atomic E-state index is 0.0167. The molecule has 3 saturated heterocycles. The Balaban J connectivity index is 1.62. The van der Waals surface area contributed by atoms with E-state index < -0.39 is 0 Å². The van der Waals surface area contributed by atoms with Gasteiger partial charge in [-0.25, -0.2) is 0 Å². The van der Waals surface area contributed by atoms with Crippen LogP contribution in [0.25, 0.3) is 10.9 Å². The summed E-state index contributed by atoms with van der Waals surface area (Å²) in [6.07, 6.45) is 6.44. The van der Waals surface area contributed by atoms with Gasteiger partial charge in [0.05, 0.1) is 12.1 Å². The van der Waals surface area contributed by atoms with E-state index in [1.807, 2.05) is 18.3 Å². The number of ether oxygens (including phenoxy) is 1. The second kappa shape index (κ2) is 7.49. The quantitative estimate of drug-likeness (QED) is 0.774. The average Bonchev–Trinajstić information content (AvgIpc) is 2.70. The lowest BCUT2D eigenvalue weighted by Gasteiger charge is -2.51. The highest BCUT2D eigenvalue weighted by molar-refractivity contribution is 5.84. The standard InChI is InChI=1S/C24H33N3O/c1-5-16-14-27-11-9-17(16)12-22(27)23(25)19-8-10-26-21-7-6-18(13-20(19)21)28-15-24(2,3)4/h5-8,10,13,16-17,22-23H,1,9,11-12,14-15,25H2,2-4H3. The van der Waals surface area contributed by atoms with Crippen molar-refractivity contribution in [3.63, 3.8) is 0 Å². The summed E-state index contributed by atoms with van der Waals surface area (Å²) in [7, 11) is 0. The Morgan fingerprint density at radius 3 is 2.86 bits per heavy atom. The molecule has 150 valence electrons. The summed E-state index contributed by atoms with van der Waals surface area (Å²) in [6, 6.07) is 8.64. The zero-order valence-electron chi connectivity index (χ0n) is 17.4. The number of pyridine rings is 1. The molecule has 2 bridgehead atoms. The van der Waals surface area contributed by atoms with Crippen LogP contribution in [0.5, 0.6) is 5.75 Å². The normalized spacial score (nSPS) is 28.3. The number of piperidine rings is 3. The van der Waals surface area contributed by atoms with Gasteiger partial charge in [0.25, 0.3) is 0 Å². The molecule has 0 amide bonds. The molecular weight excluding hydrogens is 346 g/mol. The van der Waals surface area contributed by atoms with E-state index in [1.54, 1.807) is 0 Å². The number of hydrogen-bond acceptors (Lipinski definition) is 4. The third-order valence-corrected chi connectivity index (χ3v) is 6.35. The monoisotopic (exact) mass is 379 g/mol. The molecule has 0 aliphatic carbocycles. The number of nitrogens with zero attached hydrogens (tertiary/aromatic N) is 2. The van der Waals surface area contributed by atoms with Crippen molar-refractivity contribution in [1.82, 2.24) is 9.88 Å². The third-order valence-electron chi connectivity index (χ3n) is 6.35. The number of aromatic nitrogens is 1. The first-order valence-electron chi connectivity index (χ1n) is 10.5. The Kier molecular flexibility index (Phi) is 5.19. The predicted octanol–water partition coefficient (Wildman–Crippen LogP) is 4.56. The highest BCUT2D eigenvalue weighted by Gasteiger charge is 2.41. The molecule has 5 unspecified atom stereocenters. The molecule has 4 heterocycles. The summed E-state index contributed by atoms with van der Waals surface area (Å²) in [5.74, 6) is 2.22. The van der Waals surface area contributed by atoms with Gasteiger partial charge in [0.15, 0.2) is 0 Å². The van der Waals surface area contributed by atoms with E-state index >= 15 is 0 Å². The van der Waals surface area contributed by atoms with Crippen molar-refractivity contribution >= 4 is 10.9 Å². The Bertz CT molecular complexity index is 857. The number of benzene rings is 1. The molecule has 1 aromatic heterocycles. The Morgan fingerprint density at radius 1 is 1.36 bits per heavy atom. The first-order chi connectivity index (χ1) is 13.4. The maximum Gasteiger partial charge on any atom is 0.120 e. The second-order valence-corrected chi connectivity index (χ2v) is 9.70. The van der Waals surface area contributed by atoms with Crippen molar-refractivity contribution in [2.75, 3.05) is 19.7 Å². The summed E-state index contributed by atoms with van der Waals surface area (Å²) in [5.41, 5.74) is 9.15. The van der Waals surface area contributed by atoms with Gasteiger partial charge in [0.1, 0.15) is 5.75 Å². The summed E-state index contributed by atoms with van der Waals surface area (Å²) in [6.45, 7) is 13.5. The molecular formula is C24H33N3O. The molecule has 0 spiro atoms. The molecule has 3 aliphatic heterocycles. The lowest BCUT2D eigenvalue weighted by atomic mass is 9.73. The summed E-state index contributed by atoms with van der Waals surface area (Å²) < 4.78 is 6.05. The first-order valence-corrected chi connectivity index (χ1v) is 10.5. The number of nitrogens with two attached hydrogens (primary N) is 1. The molecule has 2 N–H and O–H groups in total. The minimum atomic E-state index is -0.0167. The molecule has 1 aromatic carbocycles. The van der Waals surface area contributed by atoms with Crippen LogP contribution in [0, 0.1) is 17.3 Å². The lowest BCUT2D eigenvalue weighted by Crippen LogP contribution is -2.56. The largest absolute Gasteiger partial charge is 0.493 e. The average molecular weight is 380 g/mol. The number of rotatable bonds is 5. The van der Waals surface area contributed by atoms with E-state index in [9.17, 15) is 0 Å². The molecule has 0 radical (unpaired) electrons. The first kappa shape index (κ1) is 19.4. The fourth-order valence-corrected chi connectivity index (χ4v) is 4.78. The highest BCUT2D eigenvalue weighted by Crippen LogP contribution is 2.41. The van der Waals surface area contributed by atoms with Gasteiger partial charge >= 0.3 is 0 Å². The van der Waals surface area contributed by atoms with E-state index in [1.165, 1.54) is 12.0 Å². The Morgan fingerprint density at radius 2 is 2.18 bits per heavy atom. The van der Waals surface area contributed by atoms with Crippen LogP contribution >= 0.6 is 0 Å². The van der Waals surface area contributed by atoms with Crippen LogP contribution in [0.4, 0.5) is 0 Å². The minimum Gasteiger partial charge on any atom is -0.493 e. The van der Waals surface area contributed by atoms with E-state index in [4.69, 9.17) is 10.5 Å². The Hall–Kier alpha value is -1.91. The van der Waals surface area contributed by atoms with E-state index in [-0.39, 0.29) is 11.5 Å². The summed E-state index contributed by atoms with van der Waals surface area (Å²) >= 11 is 0. The molecule has 3 fully saturated rings. The van der Waals surface area contributed by atoms with Crippen LogP contribution < -0.4 is 10.5 Å². The van der Waals surface area contributed by atoms with Gasteiger partial charge in [0.2, 0.25) is 0 Å². The zero-order chi connectivity index (χ0) is 19.9. The van der Waals surface area contributed by atoms with Crippen molar-refractivity contribution in [1.29, 1.82) is 0 Å². The maximum absolute atomic E-state index is 6.87. The smallest absolute Gasteiger partial charge is 0.120 e. The molecule has 28 heavy (non-hydrogen) atoms. The van der Waals surface area contributed by atoms with Crippen LogP contribution in [0.15, 0.2) is 43.1 Å². The van der Waals surface area contributed by atoms with Gasteiger partial charge < -0.3 is 10.5 Å². The molecule has 3 aliphatic rings. The molecule has 4 nitrogen and oxygen atoms in total. The zero-order valence-corrected chi connectivity index (χ0v) is 17.4. The fraction of sp³-hybridized carbons (Fsp3) is 0.542. The highest BCUT2D eigenvalue weighted by atomic mass is 16.5. The van der Waals surface area contributed by atoms with Crippen molar-refractivity contribution in [3.05, 3.63) is 48.7 Å². The fourth-order valence-electron chi connectivity index (χ4n) is 4.78. The van der Waals surface area contributed by atoms with E-state index in [0.29, 0.717) is 18.6 Å². The Labute approximate surface area is 168 Å². The molecule has 0 saturated carbocycles. The van der Waals surface area contributed by atoms with E-state index in [2.05, 4.69) is 55.4 Å². The van der Waals surface area contributed by atoms with Crippen LogP contribution in [-0.2, 0) is 0 Å². The molecule has 5 rings (SSSR count). The van der Waals surface area contributed by atoms with Crippen molar-refractivity contribution in [3.8, 4) is 5.75 Å². The number of hydrogen-bond donors (Lipinski definition) is 1. The van der Waals surface area contributed by atoms with Gasteiger partial charge in [-0.3, -0.25) is 9.88 Å². The van der Waals surface area contributed by atoms with Crippen LogP contribution in [0.1, 0.15) is 45.2 Å². The van der Waals surface area contributed by atoms with Gasteiger partial charge in [-0.2, -0.15) is 0 Å². The molecule has 5 atom stereocenters. The third kappa shape index (κ3) is 3.81. The summed E-state index contributed by atoms with van der Waals surface area (Å²) in [4.78, 5) is 7.13. The number of fused-ring (bicyclic) bond motifs is 4. The van der Waals surface area contributed by atoms with Gasteiger partial charge in [-0.05, 0) is 66.5 Å². The predicted molar refractivity (Wildman–Crippen MR) is 115 cm³/mol. The van der Waals surface area contributed by atoms with Crippen LogP contribution in [-0.4, -0.2) is 35.6 Å². The van der Waals surface area contributed by atoms with Gasteiger partial charge in [0, 0.05) is 30.2 Å².